The van der Waals surface area contributed by atoms with Gasteiger partial charge in [-0.1, -0.05) is 18.2 Å². The molecule has 1 amide bonds. The molecule has 1 aromatic rings. The number of nitrogens with one attached hydrogen (secondary N) is 2. The van der Waals surface area contributed by atoms with Crippen LogP contribution in [0.5, 0.6) is 0 Å². The molecule has 18 heavy (non-hydrogen) atoms. The maximum atomic E-state index is 11.6. The monoisotopic (exact) mass is 250 g/mol. The number of para-hydroxylation sites is 1. The summed E-state index contributed by atoms with van der Waals surface area (Å²) < 4.78 is 4.53. The van der Waals surface area contributed by atoms with E-state index in [4.69, 9.17) is 0 Å². The first-order chi connectivity index (χ1) is 8.61. The van der Waals surface area contributed by atoms with Crippen molar-refractivity contribution >= 4 is 17.6 Å². The molecule has 1 aromatic carbocycles. The third kappa shape index (κ3) is 5.34. The van der Waals surface area contributed by atoms with Gasteiger partial charge in [0.15, 0.2) is 0 Å². The number of benzene rings is 1. The largest absolute Gasteiger partial charge is 0.469 e. The normalized spacial score (nSPS) is 11.4. The van der Waals surface area contributed by atoms with Crippen LogP contribution in [0.3, 0.4) is 0 Å². The van der Waals surface area contributed by atoms with Crippen molar-refractivity contribution in [1.29, 1.82) is 0 Å². The molecule has 0 saturated carbocycles. The summed E-state index contributed by atoms with van der Waals surface area (Å²) in [7, 11) is 1.33. The second kappa shape index (κ2) is 7.32. The maximum Gasteiger partial charge on any atom is 0.307 e. The fourth-order valence-corrected chi connectivity index (χ4v) is 1.45. The predicted octanol–water partition coefficient (Wildman–Crippen LogP) is 1.17. The van der Waals surface area contributed by atoms with Crippen molar-refractivity contribution in [3.8, 4) is 0 Å². The van der Waals surface area contributed by atoms with Crippen molar-refractivity contribution in [2.24, 2.45) is 0 Å². The van der Waals surface area contributed by atoms with Crippen molar-refractivity contribution in [2.75, 3.05) is 19.0 Å². The Balaban J connectivity index is 2.27. The Kier molecular flexibility index (Phi) is 5.70. The highest BCUT2D eigenvalue weighted by molar-refractivity contribution is 5.81. The highest BCUT2D eigenvalue weighted by Gasteiger charge is 2.11. The van der Waals surface area contributed by atoms with E-state index in [1.165, 1.54) is 7.11 Å². The van der Waals surface area contributed by atoms with E-state index < -0.39 is 0 Å². The highest BCUT2D eigenvalue weighted by atomic mass is 16.5. The average Bonchev–Trinajstić information content (AvgIpc) is 2.37. The van der Waals surface area contributed by atoms with Gasteiger partial charge in [0.25, 0.3) is 0 Å². The third-order valence-corrected chi connectivity index (χ3v) is 2.33. The van der Waals surface area contributed by atoms with E-state index in [0.717, 1.165) is 5.69 Å². The molecule has 5 nitrogen and oxygen atoms in total. The Morgan fingerprint density at radius 2 is 1.94 bits per heavy atom. The SMILES string of the molecule is COC(=O)CC(C)NC(=O)CNc1ccccc1. The van der Waals surface area contributed by atoms with E-state index >= 15 is 0 Å². The van der Waals surface area contributed by atoms with Crippen molar-refractivity contribution < 1.29 is 14.3 Å². The van der Waals surface area contributed by atoms with E-state index in [1.54, 1.807) is 6.92 Å². The van der Waals surface area contributed by atoms with Crippen LogP contribution in [-0.4, -0.2) is 31.6 Å². The van der Waals surface area contributed by atoms with Crippen LogP contribution in [0.25, 0.3) is 0 Å². The molecular formula is C13H18N2O3. The molecule has 0 aliphatic heterocycles. The quantitative estimate of drug-likeness (QED) is 0.744. The summed E-state index contributed by atoms with van der Waals surface area (Å²) >= 11 is 0. The second-order valence-corrected chi connectivity index (χ2v) is 3.97. The molecule has 0 heterocycles. The molecule has 0 spiro atoms. The molecule has 0 aliphatic rings. The lowest BCUT2D eigenvalue weighted by atomic mass is 10.2. The summed E-state index contributed by atoms with van der Waals surface area (Å²) in [4.78, 5) is 22.6. The molecule has 98 valence electrons. The van der Waals surface area contributed by atoms with Crippen molar-refractivity contribution in [3.63, 3.8) is 0 Å². The summed E-state index contributed by atoms with van der Waals surface area (Å²) in [5.41, 5.74) is 0.883. The van der Waals surface area contributed by atoms with Crippen LogP contribution >= 0.6 is 0 Å². The summed E-state index contributed by atoms with van der Waals surface area (Å²) in [5.74, 6) is -0.492. The van der Waals surface area contributed by atoms with Gasteiger partial charge >= 0.3 is 5.97 Å². The van der Waals surface area contributed by atoms with Gasteiger partial charge in [-0.15, -0.1) is 0 Å². The fraction of sp³-hybridized carbons (Fsp3) is 0.385. The number of rotatable bonds is 6. The minimum Gasteiger partial charge on any atom is -0.469 e. The number of hydrogen-bond donors (Lipinski definition) is 2. The number of esters is 1. The Morgan fingerprint density at radius 3 is 2.56 bits per heavy atom. The molecule has 0 bridgehead atoms. The lowest BCUT2D eigenvalue weighted by Gasteiger charge is -2.13. The minimum absolute atomic E-state index is 0.157. The molecule has 5 heteroatoms. The first kappa shape index (κ1) is 14.0. The van der Waals surface area contributed by atoms with E-state index in [-0.39, 0.29) is 30.9 Å². The first-order valence-electron chi connectivity index (χ1n) is 5.77. The van der Waals surface area contributed by atoms with Crippen LogP contribution in [-0.2, 0) is 14.3 Å². The summed E-state index contributed by atoms with van der Waals surface area (Å²) in [5, 5.41) is 5.70. The summed E-state index contributed by atoms with van der Waals surface area (Å²) in [6.45, 7) is 1.94. The van der Waals surface area contributed by atoms with Crippen molar-refractivity contribution in [2.45, 2.75) is 19.4 Å². The van der Waals surface area contributed by atoms with E-state index in [0.29, 0.717) is 0 Å². The number of methoxy groups -OCH3 is 1. The maximum absolute atomic E-state index is 11.6. The number of amides is 1. The molecule has 0 fully saturated rings. The highest BCUT2D eigenvalue weighted by Crippen LogP contribution is 2.03. The predicted molar refractivity (Wildman–Crippen MR) is 69.2 cm³/mol. The zero-order valence-corrected chi connectivity index (χ0v) is 10.6. The Morgan fingerprint density at radius 1 is 1.28 bits per heavy atom. The minimum atomic E-state index is -0.334. The zero-order chi connectivity index (χ0) is 13.4. The van der Waals surface area contributed by atoms with Crippen molar-refractivity contribution in [1.82, 2.24) is 5.32 Å². The van der Waals surface area contributed by atoms with Crippen LogP contribution in [0.1, 0.15) is 13.3 Å². The van der Waals surface area contributed by atoms with Crippen LogP contribution in [0.4, 0.5) is 5.69 Å². The van der Waals surface area contributed by atoms with Gasteiger partial charge < -0.3 is 15.4 Å². The molecule has 0 radical (unpaired) electrons. The Bertz CT molecular complexity index is 392. The number of carbonyl (C=O) groups excluding carboxylic acids is 2. The average molecular weight is 250 g/mol. The van der Waals surface area contributed by atoms with Gasteiger partial charge in [0.2, 0.25) is 5.91 Å². The summed E-state index contributed by atoms with van der Waals surface area (Å²) in [6.07, 6.45) is 0.174. The van der Waals surface area contributed by atoms with Gasteiger partial charge in [0, 0.05) is 11.7 Å². The van der Waals surface area contributed by atoms with Gasteiger partial charge in [0.1, 0.15) is 0 Å². The fourth-order valence-electron chi connectivity index (χ4n) is 1.45. The van der Waals surface area contributed by atoms with Crippen LogP contribution in [0.2, 0.25) is 0 Å². The number of ether oxygens (including phenoxy) is 1. The van der Waals surface area contributed by atoms with Crippen LogP contribution < -0.4 is 10.6 Å². The molecular weight excluding hydrogens is 232 g/mol. The van der Waals surface area contributed by atoms with Gasteiger partial charge in [0.05, 0.1) is 20.1 Å². The van der Waals surface area contributed by atoms with E-state index in [1.807, 2.05) is 30.3 Å². The number of hydrogen-bond acceptors (Lipinski definition) is 4. The molecule has 1 unspecified atom stereocenters. The molecule has 1 atom stereocenters. The Labute approximate surface area is 107 Å². The van der Waals surface area contributed by atoms with Gasteiger partial charge in [-0.05, 0) is 19.1 Å². The molecule has 0 aromatic heterocycles. The zero-order valence-electron chi connectivity index (χ0n) is 10.6. The standard InChI is InChI=1S/C13H18N2O3/c1-10(8-13(17)18-2)15-12(16)9-14-11-6-4-3-5-7-11/h3-7,10,14H,8-9H2,1-2H3,(H,15,16). The van der Waals surface area contributed by atoms with Crippen LogP contribution in [0.15, 0.2) is 30.3 Å². The number of carbonyl (C=O) groups is 2. The smallest absolute Gasteiger partial charge is 0.307 e. The second-order valence-electron chi connectivity index (χ2n) is 3.97. The lowest BCUT2D eigenvalue weighted by Crippen LogP contribution is -2.38. The first-order valence-corrected chi connectivity index (χ1v) is 5.77. The van der Waals surface area contributed by atoms with Crippen LogP contribution in [0, 0.1) is 0 Å². The Hall–Kier alpha value is -2.04. The van der Waals surface area contributed by atoms with E-state index in [9.17, 15) is 9.59 Å². The molecule has 2 N–H and O–H groups in total. The molecule has 1 rings (SSSR count). The van der Waals surface area contributed by atoms with Gasteiger partial charge in [-0.25, -0.2) is 0 Å². The molecule has 0 saturated heterocycles. The third-order valence-electron chi connectivity index (χ3n) is 2.33. The lowest BCUT2D eigenvalue weighted by molar-refractivity contribution is -0.141. The van der Waals surface area contributed by atoms with Crippen molar-refractivity contribution in [3.05, 3.63) is 30.3 Å². The summed E-state index contributed by atoms with van der Waals surface area (Å²) in [6, 6.07) is 9.21. The van der Waals surface area contributed by atoms with Gasteiger partial charge in [-0.3, -0.25) is 9.59 Å². The number of anilines is 1. The topological polar surface area (TPSA) is 67.4 Å². The van der Waals surface area contributed by atoms with E-state index in [2.05, 4.69) is 15.4 Å². The molecule has 0 aliphatic carbocycles. The van der Waals surface area contributed by atoms with Gasteiger partial charge in [-0.2, -0.15) is 0 Å².